The van der Waals surface area contributed by atoms with Crippen molar-refractivity contribution in [3.8, 4) is 0 Å². The van der Waals surface area contributed by atoms with Gasteiger partial charge < -0.3 is 15.4 Å². The summed E-state index contributed by atoms with van der Waals surface area (Å²) in [7, 11) is 1.51. The number of nitrogens with one attached hydrogen (secondary N) is 2. The third-order valence-electron chi connectivity index (χ3n) is 2.94. The average Bonchev–Trinajstić information content (AvgIpc) is 2.55. The molecule has 0 atom stereocenters. The van der Waals surface area contributed by atoms with Crippen LogP contribution in [-0.2, 0) is 10.9 Å². The predicted molar refractivity (Wildman–Crippen MR) is 81.0 cm³/mol. The molecule has 2 rings (SSSR count). The summed E-state index contributed by atoms with van der Waals surface area (Å²) < 4.78 is 42.8. The minimum absolute atomic E-state index is 0.0979. The van der Waals surface area contributed by atoms with Crippen LogP contribution < -0.4 is 10.6 Å². The van der Waals surface area contributed by atoms with E-state index in [0.29, 0.717) is 13.2 Å². The quantitative estimate of drug-likeness (QED) is 0.791. The van der Waals surface area contributed by atoms with Gasteiger partial charge in [0.1, 0.15) is 11.5 Å². The van der Waals surface area contributed by atoms with Crippen molar-refractivity contribution in [3.63, 3.8) is 0 Å². The normalized spacial score (nSPS) is 11.2. The van der Waals surface area contributed by atoms with Crippen molar-refractivity contribution in [1.82, 2.24) is 15.3 Å². The number of rotatable bonds is 6. The lowest BCUT2D eigenvalue weighted by Crippen LogP contribution is -2.27. The van der Waals surface area contributed by atoms with Crippen LogP contribution in [0.25, 0.3) is 0 Å². The van der Waals surface area contributed by atoms with Crippen LogP contribution >= 0.6 is 0 Å². The van der Waals surface area contributed by atoms with E-state index >= 15 is 0 Å². The minimum Gasteiger partial charge on any atom is -0.383 e. The molecule has 1 aromatic heterocycles. The molecule has 9 heteroatoms. The van der Waals surface area contributed by atoms with Crippen LogP contribution in [0.1, 0.15) is 16.1 Å². The Hall–Kier alpha value is -2.68. The van der Waals surface area contributed by atoms with Gasteiger partial charge in [-0.2, -0.15) is 13.2 Å². The lowest BCUT2D eigenvalue weighted by molar-refractivity contribution is -0.137. The van der Waals surface area contributed by atoms with Gasteiger partial charge in [0.25, 0.3) is 5.91 Å². The van der Waals surface area contributed by atoms with Gasteiger partial charge >= 0.3 is 6.18 Å². The maximum Gasteiger partial charge on any atom is 0.416 e. The first-order chi connectivity index (χ1) is 11.4. The van der Waals surface area contributed by atoms with Crippen molar-refractivity contribution in [3.05, 3.63) is 47.9 Å². The predicted octanol–water partition coefficient (Wildman–Crippen LogP) is 2.62. The van der Waals surface area contributed by atoms with Crippen molar-refractivity contribution in [2.24, 2.45) is 0 Å². The van der Waals surface area contributed by atoms with Gasteiger partial charge in [0.05, 0.1) is 24.6 Å². The zero-order chi connectivity index (χ0) is 17.6. The van der Waals surface area contributed by atoms with E-state index in [2.05, 4.69) is 20.6 Å². The second-order valence-electron chi connectivity index (χ2n) is 4.74. The molecule has 0 saturated heterocycles. The molecule has 0 saturated carbocycles. The van der Waals surface area contributed by atoms with Gasteiger partial charge in [0.15, 0.2) is 0 Å². The van der Waals surface area contributed by atoms with Crippen LogP contribution in [0.4, 0.5) is 24.7 Å². The molecule has 1 amide bonds. The average molecular weight is 340 g/mol. The molecule has 128 valence electrons. The Morgan fingerprint density at radius 3 is 2.67 bits per heavy atom. The Kier molecular flexibility index (Phi) is 5.69. The Labute approximate surface area is 136 Å². The molecule has 0 fully saturated rings. The number of ether oxygens (including phenoxy) is 1. The van der Waals surface area contributed by atoms with Crippen molar-refractivity contribution in [2.45, 2.75) is 6.18 Å². The topological polar surface area (TPSA) is 76.1 Å². The number of benzene rings is 1. The van der Waals surface area contributed by atoms with E-state index in [1.54, 1.807) is 0 Å². The Morgan fingerprint density at radius 1 is 1.25 bits per heavy atom. The summed E-state index contributed by atoms with van der Waals surface area (Å²) in [6.45, 7) is 0.704. The highest BCUT2D eigenvalue weighted by molar-refractivity contribution is 5.92. The van der Waals surface area contributed by atoms with Gasteiger partial charge in [0.2, 0.25) is 0 Å². The third-order valence-corrected chi connectivity index (χ3v) is 2.94. The van der Waals surface area contributed by atoms with Crippen molar-refractivity contribution in [2.75, 3.05) is 25.6 Å². The number of amides is 1. The van der Waals surface area contributed by atoms with Crippen molar-refractivity contribution in [1.29, 1.82) is 0 Å². The molecule has 1 aromatic carbocycles. The van der Waals surface area contributed by atoms with E-state index in [4.69, 9.17) is 4.74 Å². The summed E-state index contributed by atoms with van der Waals surface area (Å²) in [5, 5.41) is 5.29. The highest BCUT2D eigenvalue weighted by atomic mass is 19.4. The van der Waals surface area contributed by atoms with Gasteiger partial charge in [0, 0.05) is 19.3 Å². The van der Waals surface area contributed by atoms with E-state index in [1.165, 1.54) is 31.6 Å². The van der Waals surface area contributed by atoms with Crippen LogP contribution in [0.3, 0.4) is 0 Å². The second kappa shape index (κ2) is 7.73. The number of nitrogens with zero attached hydrogens (tertiary/aromatic N) is 2. The maximum absolute atomic E-state index is 12.7. The molecule has 0 radical (unpaired) electrons. The molecule has 6 nitrogen and oxygen atoms in total. The summed E-state index contributed by atoms with van der Waals surface area (Å²) in [4.78, 5) is 19.6. The van der Waals surface area contributed by atoms with Gasteiger partial charge in [-0.15, -0.1) is 0 Å². The van der Waals surface area contributed by atoms with Crippen LogP contribution in [0.15, 0.2) is 36.7 Å². The fourth-order valence-corrected chi connectivity index (χ4v) is 1.79. The first kappa shape index (κ1) is 17.7. The van der Waals surface area contributed by atoms with Gasteiger partial charge in [-0.1, -0.05) is 6.07 Å². The lowest BCUT2D eigenvalue weighted by atomic mass is 10.2. The molecule has 1 heterocycles. The minimum atomic E-state index is -4.42. The summed E-state index contributed by atoms with van der Waals surface area (Å²) in [6.07, 6.45) is -1.92. The molecule has 0 spiro atoms. The first-order valence-electron chi connectivity index (χ1n) is 6.93. The Balaban J connectivity index is 2.03. The van der Waals surface area contributed by atoms with Crippen molar-refractivity contribution >= 4 is 17.4 Å². The fourth-order valence-electron chi connectivity index (χ4n) is 1.79. The van der Waals surface area contributed by atoms with Crippen LogP contribution in [-0.4, -0.2) is 36.1 Å². The first-order valence-corrected chi connectivity index (χ1v) is 6.93. The maximum atomic E-state index is 12.7. The number of alkyl halides is 3. The molecule has 2 N–H and O–H groups in total. The van der Waals surface area contributed by atoms with Crippen molar-refractivity contribution < 1.29 is 22.7 Å². The zero-order valence-corrected chi connectivity index (χ0v) is 12.7. The molecule has 0 aliphatic heterocycles. The highest BCUT2D eigenvalue weighted by Crippen LogP contribution is 2.31. The Morgan fingerprint density at radius 2 is 2.04 bits per heavy atom. The fraction of sp³-hybridized carbons (Fsp3) is 0.267. The molecular formula is C15H15F3N4O2. The van der Waals surface area contributed by atoms with Gasteiger partial charge in [-0.25, -0.2) is 9.97 Å². The summed E-state index contributed by atoms with van der Waals surface area (Å²) in [5.74, 6) is -0.187. The molecular weight excluding hydrogens is 325 g/mol. The molecule has 0 aliphatic rings. The van der Waals surface area contributed by atoms with E-state index in [0.717, 1.165) is 12.1 Å². The SMILES string of the molecule is COCCNC(=O)c1cnc(Nc2cccc(C(F)(F)F)c2)cn1. The standard InChI is InChI=1S/C15H15F3N4O2/c1-24-6-5-19-14(23)12-8-21-13(9-20-12)22-11-4-2-3-10(7-11)15(16,17)18/h2-4,7-9H,5-6H2,1H3,(H,19,23)(H,21,22). The second-order valence-corrected chi connectivity index (χ2v) is 4.74. The summed E-state index contributed by atoms with van der Waals surface area (Å²) >= 11 is 0. The van der Waals surface area contributed by atoms with Crippen LogP contribution in [0.5, 0.6) is 0 Å². The van der Waals surface area contributed by atoms with E-state index < -0.39 is 17.6 Å². The van der Waals surface area contributed by atoms with Gasteiger partial charge in [-0.3, -0.25) is 4.79 Å². The summed E-state index contributed by atoms with van der Waals surface area (Å²) in [6, 6.07) is 4.70. The van der Waals surface area contributed by atoms with E-state index in [9.17, 15) is 18.0 Å². The third kappa shape index (κ3) is 4.92. The number of aromatic nitrogens is 2. The molecule has 0 unspecified atom stereocenters. The van der Waals surface area contributed by atoms with E-state index in [1.807, 2.05) is 0 Å². The molecule has 0 bridgehead atoms. The monoisotopic (exact) mass is 340 g/mol. The van der Waals surface area contributed by atoms with Crippen LogP contribution in [0, 0.1) is 0 Å². The molecule has 24 heavy (non-hydrogen) atoms. The number of carbonyl (C=O) groups is 1. The lowest BCUT2D eigenvalue weighted by Gasteiger charge is -2.10. The zero-order valence-electron chi connectivity index (χ0n) is 12.7. The highest BCUT2D eigenvalue weighted by Gasteiger charge is 2.30. The van der Waals surface area contributed by atoms with E-state index in [-0.39, 0.29) is 17.2 Å². The molecule has 0 aliphatic carbocycles. The number of halogens is 3. The summed E-state index contributed by atoms with van der Waals surface area (Å²) in [5.41, 5.74) is -0.452. The number of methoxy groups -OCH3 is 1. The molecule has 2 aromatic rings. The van der Waals surface area contributed by atoms with Gasteiger partial charge in [-0.05, 0) is 18.2 Å². The largest absolute Gasteiger partial charge is 0.416 e. The van der Waals surface area contributed by atoms with Crippen LogP contribution in [0.2, 0.25) is 0 Å². The number of hydrogen-bond donors (Lipinski definition) is 2. The Bertz CT molecular complexity index is 690. The smallest absolute Gasteiger partial charge is 0.383 e. The number of anilines is 2. The number of hydrogen-bond acceptors (Lipinski definition) is 5. The number of carbonyl (C=O) groups excluding carboxylic acids is 1.